The molecule has 1 aromatic heterocycles. The fraction of sp³-hybridized carbons (Fsp3) is 0.524. The van der Waals surface area contributed by atoms with Crippen LogP contribution >= 0.6 is 0 Å². The first-order valence-electron chi connectivity index (χ1n) is 10.4. The number of carbonyl (C=O) groups is 1. The number of hydrogen-bond acceptors (Lipinski definition) is 7. The third kappa shape index (κ3) is 4.96. The Kier molecular flexibility index (Phi) is 6.38. The highest BCUT2D eigenvalue weighted by Gasteiger charge is 2.30. The molecule has 2 fully saturated rings. The minimum absolute atomic E-state index is 0.00611. The number of halogens is 2. The Morgan fingerprint density at radius 1 is 1.39 bits per heavy atom. The fourth-order valence-electron chi connectivity index (χ4n) is 3.50. The Bertz CT molecular complexity index is 932. The van der Waals surface area contributed by atoms with Crippen LogP contribution in [0.1, 0.15) is 36.0 Å². The van der Waals surface area contributed by atoms with E-state index in [9.17, 15) is 13.6 Å². The molecule has 2 aromatic rings. The lowest BCUT2D eigenvalue weighted by Gasteiger charge is -2.33. The second-order valence-electron chi connectivity index (χ2n) is 7.84. The number of hydrogen-bond donors (Lipinski definition) is 2. The van der Waals surface area contributed by atoms with Crippen LogP contribution in [0.25, 0.3) is 11.5 Å². The van der Waals surface area contributed by atoms with Crippen molar-refractivity contribution in [1.82, 2.24) is 15.2 Å². The average Bonchev–Trinajstić information content (AvgIpc) is 3.48. The zero-order chi connectivity index (χ0) is 22.0. The standard InChI is InChI=1S/C21H26F2N4O4/c1-12-10-25-6-7-27(12)20(28)18-17(9-24)30-19(26-18)14-4-5-15(31-21(22)23)16(8-14)29-11-13-2-3-13/h4-5,8,12-13,21,25H,2-3,6-7,9-11,24H2,1H3. The Balaban J connectivity index is 1.62. The van der Waals surface area contributed by atoms with Crippen LogP contribution < -0.4 is 20.5 Å². The van der Waals surface area contributed by atoms with Gasteiger partial charge in [-0.3, -0.25) is 4.79 Å². The van der Waals surface area contributed by atoms with E-state index >= 15 is 0 Å². The summed E-state index contributed by atoms with van der Waals surface area (Å²) in [5.74, 6) is 0.758. The molecule has 1 atom stereocenters. The number of oxazole rings is 1. The van der Waals surface area contributed by atoms with E-state index in [0.29, 0.717) is 37.7 Å². The quantitative estimate of drug-likeness (QED) is 0.656. The minimum Gasteiger partial charge on any atom is -0.489 e. The van der Waals surface area contributed by atoms with Gasteiger partial charge in [0, 0.05) is 31.2 Å². The summed E-state index contributed by atoms with van der Waals surface area (Å²) in [5, 5.41) is 3.24. The lowest BCUT2D eigenvalue weighted by atomic mass is 10.2. The van der Waals surface area contributed by atoms with Crippen molar-refractivity contribution < 1.29 is 27.5 Å². The number of nitrogens with zero attached hydrogens (tertiary/aromatic N) is 2. The van der Waals surface area contributed by atoms with Crippen LogP contribution in [-0.4, -0.2) is 54.7 Å². The van der Waals surface area contributed by atoms with Gasteiger partial charge in [0.2, 0.25) is 5.89 Å². The summed E-state index contributed by atoms with van der Waals surface area (Å²) in [6, 6.07) is 4.47. The van der Waals surface area contributed by atoms with E-state index in [4.69, 9.17) is 14.9 Å². The van der Waals surface area contributed by atoms with Crippen LogP contribution in [0.2, 0.25) is 0 Å². The van der Waals surface area contributed by atoms with Gasteiger partial charge in [0.15, 0.2) is 23.0 Å². The maximum Gasteiger partial charge on any atom is 0.387 e. The molecule has 0 bridgehead atoms. The van der Waals surface area contributed by atoms with Gasteiger partial charge in [0.05, 0.1) is 13.2 Å². The van der Waals surface area contributed by atoms with Gasteiger partial charge in [-0.05, 0) is 43.9 Å². The van der Waals surface area contributed by atoms with E-state index in [2.05, 4.69) is 15.0 Å². The highest BCUT2D eigenvalue weighted by atomic mass is 19.3. The molecule has 1 unspecified atom stereocenters. The zero-order valence-corrected chi connectivity index (χ0v) is 17.3. The van der Waals surface area contributed by atoms with E-state index < -0.39 is 6.61 Å². The molecule has 8 nitrogen and oxygen atoms in total. The summed E-state index contributed by atoms with van der Waals surface area (Å²) < 4.78 is 41.6. The molecule has 168 valence electrons. The van der Waals surface area contributed by atoms with Crippen LogP contribution in [0, 0.1) is 5.92 Å². The molecule has 1 aliphatic carbocycles. The fourth-order valence-corrected chi connectivity index (χ4v) is 3.50. The number of rotatable bonds is 8. The van der Waals surface area contributed by atoms with Gasteiger partial charge in [0.1, 0.15) is 0 Å². The van der Waals surface area contributed by atoms with E-state index in [1.54, 1.807) is 4.90 Å². The Hall–Kier alpha value is -2.72. The molecule has 2 heterocycles. The highest BCUT2D eigenvalue weighted by molar-refractivity contribution is 5.94. The number of amides is 1. The van der Waals surface area contributed by atoms with Crippen molar-refractivity contribution in [3.05, 3.63) is 29.7 Å². The van der Waals surface area contributed by atoms with Crippen molar-refractivity contribution in [3.63, 3.8) is 0 Å². The van der Waals surface area contributed by atoms with E-state index in [1.807, 2.05) is 6.92 Å². The summed E-state index contributed by atoms with van der Waals surface area (Å²) in [4.78, 5) is 19.2. The van der Waals surface area contributed by atoms with E-state index in [0.717, 1.165) is 12.8 Å². The third-order valence-corrected chi connectivity index (χ3v) is 5.43. The van der Waals surface area contributed by atoms with Gasteiger partial charge in [-0.25, -0.2) is 4.98 Å². The van der Waals surface area contributed by atoms with E-state index in [1.165, 1.54) is 18.2 Å². The lowest BCUT2D eigenvalue weighted by Crippen LogP contribution is -2.52. The van der Waals surface area contributed by atoms with Crippen LogP contribution in [0.3, 0.4) is 0 Å². The average molecular weight is 436 g/mol. The molecular formula is C21H26F2N4O4. The summed E-state index contributed by atoms with van der Waals surface area (Å²) in [7, 11) is 0. The van der Waals surface area contributed by atoms with Gasteiger partial charge in [-0.15, -0.1) is 0 Å². The Morgan fingerprint density at radius 2 is 2.19 bits per heavy atom. The molecule has 1 saturated carbocycles. The Morgan fingerprint density at radius 3 is 2.87 bits per heavy atom. The predicted octanol–water partition coefficient (Wildman–Crippen LogP) is 2.62. The molecule has 1 aliphatic heterocycles. The molecule has 1 saturated heterocycles. The van der Waals surface area contributed by atoms with Crippen LogP contribution in [-0.2, 0) is 6.54 Å². The summed E-state index contributed by atoms with van der Waals surface area (Å²) in [6.45, 7) is 1.38. The van der Waals surface area contributed by atoms with Crippen molar-refractivity contribution >= 4 is 5.91 Å². The molecule has 1 aromatic carbocycles. The maximum absolute atomic E-state index is 13.1. The molecule has 0 spiro atoms. The number of aromatic nitrogens is 1. The number of alkyl halides is 2. The number of carbonyl (C=O) groups excluding carboxylic acids is 1. The molecule has 2 aliphatic rings. The summed E-state index contributed by atoms with van der Waals surface area (Å²) >= 11 is 0. The minimum atomic E-state index is -2.97. The smallest absolute Gasteiger partial charge is 0.387 e. The largest absolute Gasteiger partial charge is 0.489 e. The topological polar surface area (TPSA) is 103 Å². The van der Waals surface area contributed by atoms with Crippen molar-refractivity contribution in [3.8, 4) is 23.0 Å². The van der Waals surface area contributed by atoms with Gasteiger partial charge in [0.25, 0.3) is 5.91 Å². The number of benzene rings is 1. The normalized spacial score (nSPS) is 19.0. The SMILES string of the molecule is CC1CNCCN1C(=O)c1nc(-c2ccc(OC(F)F)c(OCC3CC3)c2)oc1CN. The monoisotopic (exact) mass is 436 g/mol. The predicted molar refractivity (Wildman–Crippen MR) is 108 cm³/mol. The number of ether oxygens (including phenoxy) is 2. The van der Waals surface area contributed by atoms with E-state index in [-0.39, 0.29) is 47.3 Å². The van der Waals surface area contributed by atoms with Crippen LogP contribution in [0.15, 0.2) is 22.6 Å². The third-order valence-electron chi connectivity index (χ3n) is 5.43. The summed E-state index contributed by atoms with van der Waals surface area (Å²) in [5.41, 5.74) is 6.44. The second-order valence-corrected chi connectivity index (χ2v) is 7.84. The van der Waals surface area contributed by atoms with Crippen molar-refractivity contribution in [2.24, 2.45) is 11.7 Å². The zero-order valence-electron chi connectivity index (χ0n) is 17.3. The molecule has 0 radical (unpaired) electrons. The molecule has 31 heavy (non-hydrogen) atoms. The van der Waals surface area contributed by atoms with Crippen molar-refractivity contribution in [2.45, 2.75) is 39.0 Å². The molecule has 1 amide bonds. The van der Waals surface area contributed by atoms with Gasteiger partial charge in [-0.1, -0.05) is 0 Å². The second kappa shape index (κ2) is 9.19. The van der Waals surface area contributed by atoms with Crippen LogP contribution in [0.5, 0.6) is 11.5 Å². The molecular weight excluding hydrogens is 410 g/mol. The first kappa shape index (κ1) is 21.5. The summed E-state index contributed by atoms with van der Waals surface area (Å²) in [6.07, 6.45) is 2.11. The number of nitrogens with two attached hydrogens (primary N) is 1. The molecule has 4 rings (SSSR count). The molecule has 10 heteroatoms. The number of nitrogens with one attached hydrogen (secondary N) is 1. The number of piperazine rings is 1. The highest BCUT2D eigenvalue weighted by Crippen LogP contribution is 2.36. The lowest BCUT2D eigenvalue weighted by molar-refractivity contribution is -0.0515. The molecule has 3 N–H and O–H groups in total. The van der Waals surface area contributed by atoms with Crippen molar-refractivity contribution in [1.29, 1.82) is 0 Å². The maximum atomic E-state index is 13.1. The van der Waals surface area contributed by atoms with Crippen molar-refractivity contribution in [2.75, 3.05) is 26.2 Å². The Labute approximate surface area is 178 Å². The van der Waals surface area contributed by atoms with Gasteiger partial charge < -0.3 is 29.8 Å². The van der Waals surface area contributed by atoms with Crippen LogP contribution in [0.4, 0.5) is 8.78 Å². The van der Waals surface area contributed by atoms with Gasteiger partial charge in [-0.2, -0.15) is 8.78 Å². The first-order valence-corrected chi connectivity index (χ1v) is 10.4. The van der Waals surface area contributed by atoms with Gasteiger partial charge >= 0.3 is 6.61 Å². The first-order chi connectivity index (χ1) is 15.0.